The maximum atomic E-state index is 12.2. The number of carbonyl (C=O) groups excluding carboxylic acids is 1. The van der Waals surface area contributed by atoms with E-state index in [0.717, 1.165) is 38.4 Å². The molecule has 0 radical (unpaired) electrons. The van der Waals surface area contributed by atoms with Gasteiger partial charge >= 0.3 is 5.97 Å². The predicted octanol–water partition coefficient (Wildman–Crippen LogP) is 2.02. The van der Waals surface area contributed by atoms with Crippen LogP contribution in [0.4, 0.5) is 0 Å². The van der Waals surface area contributed by atoms with Crippen LogP contribution in [0.25, 0.3) is 0 Å². The van der Waals surface area contributed by atoms with Crippen LogP contribution in [0.15, 0.2) is 0 Å². The monoisotopic (exact) mass is 267 g/mol. The van der Waals surface area contributed by atoms with Gasteiger partial charge in [-0.25, -0.2) is 0 Å². The molecule has 3 aliphatic rings. The molecule has 0 amide bonds. The molecule has 1 saturated carbocycles. The predicted molar refractivity (Wildman–Crippen MR) is 71.8 cm³/mol. The Bertz CT molecular complexity index is 315. The highest BCUT2D eigenvalue weighted by atomic mass is 16.6. The summed E-state index contributed by atoms with van der Waals surface area (Å²) in [5.74, 6) is 0.761. The van der Waals surface area contributed by atoms with Gasteiger partial charge in [0, 0.05) is 18.9 Å². The number of ether oxygens (including phenoxy) is 2. The second kappa shape index (κ2) is 6.23. The van der Waals surface area contributed by atoms with Gasteiger partial charge in [-0.2, -0.15) is 0 Å². The van der Waals surface area contributed by atoms with Crippen molar-refractivity contribution >= 4 is 5.97 Å². The number of piperidine rings is 1. The Morgan fingerprint density at radius 3 is 2.63 bits per heavy atom. The van der Waals surface area contributed by atoms with Crippen LogP contribution in [-0.4, -0.2) is 37.4 Å². The first-order valence-electron chi connectivity index (χ1n) is 7.87. The lowest BCUT2D eigenvalue weighted by atomic mass is 9.78. The Kier molecular flexibility index (Phi) is 4.38. The highest BCUT2D eigenvalue weighted by molar-refractivity contribution is 5.76. The average Bonchev–Trinajstić information content (AvgIpc) is 2.48. The van der Waals surface area contributed by atoms with E-state index in [9.17, 15) is 4.79 Å². The van der Waals surface area contributed by atoms with Crippen molar-refractivity contribution < 1.29 is 14.3 Å². The van der Waals surface area contributed by atoms with Gasteiger partial charge in [-0.05, 0) is 31.6 Å². The van der Waals surface area contributed by atoms with Crippen molar-refractivity contribution in [3.63, 3.8) is 0 Å². The van der Waals surface area contributed by atoms with Gasteiger partial charge in [0.1, 0.15) is 12.1 Å². The first-order valence-corrected chi connectivity index (χ1v) is 7.87. The zero-order valence-electron chi connectivity index (χ0n) is 11.6. The quantitative estimate of drug-likeness (QED) is 0.778. The third-order valence-electron chi connectivity index (χ3n) is 4.89. The number of esters is 1. The van der Waals surface area contributed by atoms with Crippen molar-refractivity contribution in [2.45, 2.75) is 69.6 Å². The first kappa shape index (κ1) is 13.4. The molecule has 2 aliphatic heterocycles. The summed E-state index contributed by atoms with van der Waals surface area (Å²) in [5, 5.41) is 3.54. The smallest absolute Gasteiger partial charge is 0.323 e. The van der Waals surface area contributed by atoms with E-state index >= 15 is 0 Å². The van der Waals surface area contributed by atoms with Gasteiger partial charge in [0.15, 0.2) is 0 Å². The molecule has 4 heteroatoms. The molecule has 2 heterocycles. The van der Waals surface area contributed by atoms with E-state index in [1.54, 1.807) is 0 Å². The number of hydrogen-bond donors (Lipinski definition) is 1. The molecule has 0 bridgehead atoms. The summed E-state index contributed by atoms with van der Waals surface area (Å²) in [6.07, 6.45) is 9.14. The third-order valence-corrected chi connectivity index (χ3v) is 4.89. The topological polar surface area (TPSA) is 47.6 Å². The molecule has 2 saturated heterocycles. The standard InChI is InChI=1S/C15H25NO3/c17-15(19-12-7-9-18-10-8-12)14-6-5-11-3-1-2-4-13(11)16-14/h11-14,16H,1-10H2. The molecule has 3 atom stereocenters. The lowest BCUT2D eigenvalue weighted by Crippen LogP contribution is -2.53. The van der Waals surface area contributed by atoms with Gasteiger partial charge < -0.3 is 14.8 Å². The zero-order chi connectivity index (χ0) is 13.1. The van der Waals surface area contributed by atoms with Crippen LogP contribution in [0.1, 0.15) is 51.4 Å². The minimum Gasteiger partial charge on any atom is -0.461 e. The number of fused-ring (bicyclic) bond motifs is 1. The highest BCUT2D eigenvalue weighted by Gasteiger charge is 2.35. The van der Waals surface area contributed by atoms with Crippen molar-refractivity contribution in [3.8, 4) is 0 Å². The molecule has 108 valence electrons. The van der Waals surface area contributed by atoms with E-state index < -0.39 is 0 Å². The molecule has 3 fully saturated rings. The summed E-state index contributed by atoms with van der Waals surface area (Å²) in [4.78, 5) is 12.2. The number of carbonyl (C=O) groups is 1. The molecule has 0 aromatic heterocycles. The Balaban J connectivity index is 1.49. The maximum absolute atomic E-state index is 12.2. The fraction of sp³-hybridized carbons (Fsp3) is 0.933. The molecule has 0 spiro atoms. The third kappa shape index (κ3) is 3.29. The summed E-state index contributed by atoms with van der Waals surface area (Å²) in [6.45, 7) is 1.45. The lowest BCUT2D eigenvalue weighted by Gasteiger charge is -2.40. The van der Waals surface area contributed by atoms with Gasteiger partial charge in [0.25, 0.3) is 0 Å². The van der Waals surface area contributed by atoms with Gasteiger partial charge in [0.05, 0.1) is 13.2 Å². The van der Waals surface area contributed by atoms with Gasteiger partial charge in [-0.1, -0.05) is 12.8 Å². The summed E-state index contributed by atoms with van der Waals surface area (Å²) in [6, 6.07) is 0.483. The zero-order valence-corrected chi connectivity index (χ0v) is 11.6. The number of rotatable bonds is 2. The normalized spacial score (nSPS) is 36.5. The van der Waals surface area contributed by atoms with Crippen molar-refractivity contribution in [1.29, 1.82) is 0 Å². The van der Waals surface area contributed by atoms with Crippen molar-refractivity contribution in [2.24, 2.45) is 5.92 Å². The van der Waals surface area contributed by atoms with E-state index in [-0.39, 0.29) is 18.1 Å². The Labute approximate surface area is 115 Å². The van der Waals surface area contributed by atoms with Crippen LogP contribution in [0.5, 0.6) is 0 Å². The SMILES string of the molecule is O=C(OC1CCOCC1)C1CCC2CCCCC2N1. The first-order chi connectivity index (χ1) is 9.33. The number of hydrogen-bond acceptors (Lipinski definition) is 4. The van der Waals surface area contributed by atoms with Crippen LogP contribution in [0.2, 0.25) is 0 Å². The van der Waals surface area contributed by atoms with Crippen LogP contribution >= 0.6 is 0 Å². The van der Waals surface area contributed by atoms with Crippen molar-refractivity contribution in [2.75, 3.05) is 13.2 Å². The van der Waals surface area contributed by atoms with Gasteiger partial charge in [0.2, 0.25) is 0 Å². The largest absolute Gasteiger partial charge is 0.461 e. The summed E-state index contributed by atoms with van der Waals surface area (Å²) in [7, 11) is 0. The molecule has 3 rings (SSSR count). The number of nitrogens with one attached hydrogen (secondary N) is 1. The van der Waals surface area contributed by atoms with E-state index in [1.807, 2.05) is 0 Å². The van der Waals surface area contributed by atoms with Crippen LogP contribution < -0.4 is 5.32 Å². The molecule has 1 aliphatic carbocycles. The Hall–Kier alpha value is -0.610. The molecular weight excluding hydrogens is 242 g/mol. The second-order valence-corrected chi connectivity index (χ2v) is 6.20. The molecule has 19 heavy (non-hydrogen) atoms. The van der Waals surface area contributed by atoms with E-state index in [2.05, 4.69) is 5.32 Å². The maximum Gasteiger partial charge on any atom is 0.323 e. The van der Waals surface area contributed by atoms with Gasteiger partial charge in [-0.15, -0.1) is 0 Å². The van der Waals surface area contributed by atoms with Crippen molar-refractivity contribution in [1.82, 2.24) is 5.32 Å². The molecule has 1 N–H and O–H groups in total. The van der Waals surface area contributed by atoms with Crippen LogP contribution in [0.3, 0.4) is 0 Å². The average molecular weight is 267 g/mol. The minimum atomic E-state index is -0.0674. The van der Waals surface area contributed by atoms with Gasteiger partial charge in [-0.3, -0.25) is 4.79 Å². The molecule has 3 unspecified atom stereocenters. The van der Waals surface area contributed by atoms with E-state index in [0.29, 0.717) is 6.04 Å². The second-order valence-electron chi connectivity index (χ2n) is 6.20. The lowest BCUT2D eigenvalue weighted by molar-refractivity contribution is -0.157. The minimum absolute atomic E-state index is 0.0316. The van der Waals surface area contributed by atoms with E-state index in [1.165, 1.54) is 32.1 Å². The fourth-order valence-electron chi connectivity index (χ4n) is 3.72. The Morgan fingerprint density at radius 2 is 1.79 bits per heavy atom. The van der Waals surface area contributed by atoms with Crippen molar-refractivity contribution in [3.05, 3.63) is 0 Å². The fourth-order valence-corrected chi connectivity index (χ4v) is 3.72. The Morgan fingerprint density at radius 1 is 1.00 bits per heavy atom. The summed E-state index contributed by atoms with van der Waals surface area (Å²) >= 11 is 0. The van der Waals surface area contributed by atoms with Crippen LogP contribution in [-0.2, 0) is 14.3 Å². The summed E-state index contributed by atoms with van der Waals surface area (Å²) in [5.41, 5.74) is 0. The summed E-state index contributed by atoms with van der Waals surface area (Å²) < 4.78 is 10.9. The molecule has 4 nitrogen and oxygen atoms in total. The molecule has 0 aromatic carbocycles. The molecular formula is C15H25NO3. The molecule has 0 aromatic rings. The highest BCUT2D eigenvalue weighted by Crippen LogP contribution is 2.32. The van der Waals surface area contributed by atoms with E-state index in [4.69, 9.17) is 9.47 Å². The van der Waals surface area contributed by atoms with Crippen LogP contribution in [0, 0.1) is 5.92 Å².